The van der Waals surface area contributed by atoms with Crippen LogP contribution < -0.4 is 0 Å². The summed E-state index contributed by atoms with van der Waals surface area (Å²) in [7, 11) is 0. The summed E-state index contributed by atoms with van der Waals surface area (Å²) in [4.78, 5) is 26.7. The fourth-order valence-electron chi connectivity index (χ4n) is 1.69. The first kappa shape index (κ1) is 18.1. The zero-order valence-corrected chi connectivity index (χ0v) is 12.4. The van der Waals surface area contributed by atoms with E-state index in [0.29, 0.717) is 13.1 Å². The Hall–Kier alpha value is -0.890. The largest absolute Gasteiger partial charge is 0.234 e. The Balaban J connectivity index is 2.98. The average Bonchev–Trinajstić information content (AvgIpc) is 2.43. The van der Waals surface area contributed by atoms with Crippen molar-refractivity contribution in [1.29, 1.82) is 0 Å². The molecule has 0 spiro atoms. The number of rotatable bonds is 14. The zero-order chi connectivity index (χ0) is 14.0. The molecule has 0 aromatic carbocycles. The van der Waals surface area contributed by atoms with Crippen LogP contribution in [0.25, 0.3) is 0 Å². The fraction of sp³-hybridized carbons (Fsp3) is 0.857. The van der Waals surface area contributed by atoms with Crippen LogP contribution in [0.3, 0.4) is 0 Å². The van der Waals surface area contributed by atoms with E-state index in [-0.39, 0.29) is 0 Å². The third kappa shape index (κ3) is 17.1. The topological polar surface area (TPSA) is 58.9 Å². The molecular weight excluding hydrogens is 260 g/mol. The molecule has 0 bridgehead atoms. The van der Waals surface area contributed by atoms with Gasteiger partial charge in [-0.15, -0.1) is 0 Å². The monoisotopic (exact) mass is 284 g/mol. The normalized spacial score (nSPS) is 9.68. The number of aliphatic imine (C=N–C) groups is 2. The van der Waals surface area contributed by atoms with Gasteiger partial charge in [-0.25, -0.2) is 19.6 Å². The van der Waals surface area contributed by atoms with E-state index in [0.717, 1.165) is 25.7 Å². The maximum absolute atomic E-state index is 9.82. The van der Waals surface area contributed by atoms with Crippen LogP contribution in [0.5, 0.6) is 0 Å². The predicted octanol–water partition coefficient (Wildman–Crippen LogP) is 3.51. The van der Waals surface area contributed by atoms with Gasteiger partial charge in [0, 0.05) is 0 Å². The maximum Gasteiger partial charge on any atom is 0.234 e. The lowest BCUT2D eigenvalue weighted by Crippen LogP contribution is -1.88. The Morgan fingerprint density at radius 1 is 0.632 bits per heavy atom. The lowest BCUT2D eigenvalue weighted by Gasteiger charge is -2.01. The van der Waals surface area contributed by atoms with Gasteiger partial charge in [-0.2, -0.15) is 11.8 Å². The molecule has 0 aliphatic heterocycles. The Bertz CT molecular complexity index is 257. The summed E-state index contributed by atoms with van der Waals surface area (Å²) in [5.41, 5.74) is 0. The van der Waals surface area contributed by atoms with E-state index in [4.69, 9.17) is 0 Å². The van der Waals surface area contributed by atoms with Crippen molar-refractivity contribution in [2.75, 3.05) is 24.6 Å². The molecule has 0 N–H and O–H groups in total. The van der Waals surface area contributed by atoms with Crippen molar-refractivity contribution in [1.82, 2.24) is 0 Å². The van der Waals surface area contributed by atoms with Crippen LogP contribution in [0.1, 0.15) is 51.4 Å². The van der Waals surface area contributed by atoms with Gasteiger partial charge in [0.05, 0.1) is 13.1 Å². The SMILES string of the molecule is O=C=NCCCCCCSCCCCCCN=C=O. The van der Waals surface area contributed by atoms with E-state index in [2.05, 4.69) is 9.98 Å². The van der Waals surface area contributed by atoms with E-state index in [1.54, 1.807) is 12.2 Å². The van der Waals surface area contributed by atoms with Gasteiger partial charge in [-0.05, 0) is 37.2 Å². The summed E-state index contributed by atoms with van der Waals surface area (Å²) in [6.45, 7) is 1.26. The Labute approximate surface area is 120 Å². The molecule has 0 aliphatic rings. The molecule has 0 saturated carbocycles. The Morgan fingerprint density at radius 2 is 1.05 bits per heavy atom. The van der Waals surface area contributed by atoms with Crippen LogP contribution >= 0.6 is 11.8 Å². The first-order chi connectivity index (χ1) is 9.41. The fourth-order valence-corrected chi connectivity index (χ4v) is 2.71. The molecule has 4 nitrogen and oxygen atoms in total. The van der Waals surface area contributed by atoms with Gasteiger partial charge in [0.15, 0.2) is 0 Å². The molecule has 0 fully saturated rings. The third-order valence-corrected chi connectivity index (χ3v) is 3.90. The zero-order valence-electron chi connectivity index (χ0n) is 11.6. The predicted molar refractivity (Wildman–Crippen MR) is 80.2 cm³/mol. The molecule has 0 radical (unpaired) electrons. The van der Waals surface area contributed by atoms with Crippen molar-refractivity contribution < 1.29 is 9.59 Å². The van der Waals surface area contributed by atoms with Crippen LogP contribution in [-0.4, -0.2) is 36.8 Å². The minimum atomic E-state index is 0.630. The van der Waals surface area contributed by atoms with Gasteiger partial charge in [-0.1, -0.05) is 25.7 Å². The van der Waals surface area contributed by atoms with E-state index >= 15 is 0 Å². The molecule has 0 atom stereocenters. The molecule has 0 aromatic rings. The van der Waals surface area contributed by atoms with Gasteiger partial charge >= 0.3 is 0 Å². The second-order valence-electron chi connectivity index (χ2n) is 4.39. The highest BCUT2D eigenvalue weighted by atomic mass is 32.2. The molecule has 0 aromatic heterocycles. The summed E-state index contributed by atoms with van der Waals surface area (Å²) >= 11 is 2.02. The lowest BCUT2D eigenvalue weighted by molar-refractivity contribution is 0.560. The van der Waals surface area contributed by atoms with Crippen molar-refractivity contribution in [2.24, 2.45) is 9.98 Å². The van der Waals surface area contributed by atoms with Crippen molar-refractivity contribution >= 4 is 23.9 Å². The number of isocyanates is 2. The summed E-state index contributed by atoms with van der Waals surface area (Å²) in [5.74, 6) is 2.46. The average molecular weight is 284 g/mol. The van der Waals surface area contributed by atoms with Crippen LogP contribution in [0, 0.1) is 0 Å². The molecule has 19 heavy (non-hydrogen) atoms. The standard InChI is InChI=1S/C14H24N2O2S/c17-13-15-9-5-1-3-7-11-19-12-8-4-2-6-10-16-14-18/h1-12H2. The first-order valence-corrected chi connectivity index (χ1v) is 8.22. The molecule has 0 heterocycles. The smallest absolute Gasteiger partial charge is 0.211 e. The Kier molecular flexibility index (Phi) is 16.3. The molecule has 5 heteroatoms. The summed E-state index contributed by atoms with van der Waals surface area (Å²) < 4.78 is 0. The molecule has 0 amide bonds. The second-order valence-corrected chi connectivity index (χ2v) is 5.61. The number of nitrogens with zero attached hydrogens (tertiary/aromatic N) is 2. The van der Waals surface area contributed by atoms with E-state index in [1.165, 1.54) is 37.2 Å². The third-order valence-electron chi connectivity index (χ3n) is 2.75. The highest BCUT2D eigenvalue weighted by Crippen LogP contribution is 2.11. The minimum Gasteiger partial charge on any atom is -0.211 e. The molecular formula is C14H24N2O2S. The van der Waals surface area contributed by atoms with Crippen molar-refractivity contribution in [3.63, 3.8) is 0 Å². The van der Waals surface area contributed by atoms with Crippen LogP contribution in [-0.2, 0) is 9.59 Å². The molecule has 108 valence electrons. The van der Waals surface area contributed by atoms with Gasteiger partial charge < -0.3 is 0 Å². The highest BCUT2D eigenvalue weighted by Gasteiger charge is 1.93. The number of hydrogen-bond donors (Lipinski definition) is 0. The first-order valence-electron chi connectivity index (χ1n) is 7.07. The van der Waals surface area contributed by atoms with Crippen LogP contribution in [0.2, 0.25) is 0 Å². The van der Waals surface area contributed by atoms with Gasteiger partial charge in [0.1, 0.15) is 0 Å². The number of unbranched alkanes of at least 4 members (excludes halogenated alkanes) is 6. The Morgan fingerprint density at radius 3 is 1.47 bits per heavy atom. The molecule has 0 saturated heterocycles. The quantitative estimate of drug-likeness (QED) is 0.278. The van der Waals surface area contributed by atoms with E-state index in [9.17, 15) is 9.59 Å². The van der Waals surface area contributed by atoms with Gasteiger partial charge in [-0.3, -0.25) is 0 Å². The van der Waals surface area contributed by atoms with Gasteiger partial charge in [0.2, 0.25) is 12.2 Å². The second kappa shape index (κ2) is 17.1. The summed E-state index contributed by atoms with van der Waals surface area (Å²) in [5, 5.41) is 0. The number of hydrogen-bond acceptors (Lipinski definition) is 5. The molecule has 0 aliphatic carbocycles. The minimum absolute atomic E-state index is 0.630. The number of carbonyl (C=O) groups excluding carboxylic acids is 2. The van der Waals surface area contributed by atoms with Crippen LogP contribution in [0.15, 0.2) is 9.98 Å². The number of thioether (sulfide) groups is 1. The van der Waals surface area contributed by atoms with Crippen molar-refractivity contribution in [3.05, 3.63) is 0 Å². The summed E-state index contributed by atoms with van der Waals surface area (Å²) in [6.07, 6.45) is 12.4. The van der Waals surface area contributed by atoms with E-state index < -0.39 is 0 Å². The molecule has 0 rings (SSSR count). The molecule has 0 unspecified atom stereocenters. The summed E-state index contributed by atoms with van der Waals surface area (Å²) in [6, 6.07) is 0. The van der Waals surface area contributed by atoms with Crippen LogP contribution in [0.4, 0.5) is 0 Å². The van der Waals surface area contributed by atoms with Crippen molar-refractivity contribution in [3.8, 4) is 0 Å². The van der Waals surface area contributed by atoms with E-state index in [1.807, 2.05) is 11.8 Å². The van der Waals surface area contributed by atoms with Crippen molar-refractivity contribution in [2.45, 2.75) is 51.4 Å². The highest BCUT2D eigenvalue weighted by molar-refractivity contribution is 7.99. The van der Waals surface area contributed by atoms with Gasteiger partial charge in [0.25, 0.3) is 0 Å². The maximum atomic E-state index is 9.82. The lowest BCUT2D eigenvalue weighted by atomic mass is 10.2.